The molecule has 1 aromatic rings. The minimum absolute atomic E-state index is 0.0668. The van der Waals surface area contributed by atoms with Crippen LogP contribution < -0.4 is 10.9 Å². The monoisotopic (exact) mass is 406 g/mol. The fourth-order valence-electron chi connectivity index (χ4n) is 4.15. The van der Waals surface area contributed by atoms with E-state index in [4.69, 9.17) is 4.74 Å². The van der Waals surface area contributed by atoms with E-state index in [1.807, 2.05) is 13.1 Å². The predicted octanol–water partition coefficient (Wildman–Crippen LogP) is 0.947. The smallest absolute Gasteiger partial charge is 0.227 e. The fraction of sp³-hybridized carbons (Fsp3) is 0.619. The van der Waals surface area contributed by atoms with Gasteiger partial charge in [0, 0.05) is 52.3 Å². The number of carbonyl (C=O) groups excluding carboxylic acids is 2. The number of hydrogen-bond donors (Lipinski definition) is 2. The first-order valence-corrected chi connectivity index (χ1v) is 10.2. The Morgan fingerprint density at radius 3 is 2.90 bits per heavy atom. The molecule has 1 aromatic carbocycles. The Morgan fingerprint density at radius 1 is 1.34 bits per heavy atom. The summed E-state index contributed by atoms with van der Waals surface area (Å²) in [5.74, 6) is -0.318. The zero-order valence-corrected chi connectivity index (χ0v) is 17.2. The van der Waals surface area contributed by atoms with Gasteiger partial charge in [-0.05, 0) is 37.0 Å². The third-order valence-corrected chi connectivity index (χ3v) is 5.71. The molecule has 0 bridgehead atoms. The topological polar surface area (TPSA) is 73.9 Å². The molecule has 7 nitrogen and oxygen atoms in total. The van der Waals surface area contributed by atoms with E-state index in [1.54, 1.807) is 23.0 Å². The fourth-order valence-corrected chi connectivity index (χ4v) is 4.15. The van der Waals surface area contributed by atoms with Gasteiger partial charge in [-0.2, -0.15) is 0 Å². The number of nitrogens with zero attached hydrogens (tertiary/aromatic N) is 2. The van der Waals surface area contributed by atoms with Gasteiger partial charge in [0.05, 0.1) is 12.5 Å². The molecule has 3 unspecified atom stereocenters. The van der Waals surface area contributed by atoms with Crippen molar-refractivity contribution in [2.45, 2.75) is 37.8 Å². The summed E-state index contributed by atoms with van der Waals surface area (Å²) in [6.45, 7) is 2.18. The standard InChI is InChI=1S/C21H31FN4O3/c1-25(13-18-11-19(14-29-2)24-23-18)21(28)16-6-7-20(27)26(12-16)9-8-15-4-3-5-17(22)10-15/h3-5,10,16,18-19,23-24H,6-9,11-14H2,1-2H3. The van der Waals surface area contributed by atoms with E-state index in [1.165, 1.54) is 12.1 Å². The highest BCUT2D eigenvalue weighted by Crippen LogP contribution is 2.21. The highest BCUT2D eigenvalue weighted by molar-refractivity contribution is 5.83. The summed E-state index contributed by atoms with van der Waals surface area (Å²) in [7, 11) is 3.50. The van der Waals surface area contributed by atoms with Gasteiger partial charge in [-0.3, -0.25) is 20.4 Å². The molecule has 3 atom stereocenters. The number of ether oxygens (including phenoxy) is 1. The van der Waals surface area contributed by atoms with Crippen LogP contribution in [0.4, 0.5) is 4.39 Å². The Bertz CT molecular complexity index is 717. The number of amides is 2. The zero-order valence-electron chi connectivity index (χ0n) is 17.2. The summed E-state index contributed by atoms with van der Waals surface area (Å²) in [5, 5.41) is 0. The summed E-state index contributed by atoms with van der Waals surface area (Å²) in [5.41, 5.74) is 7.26. The number of carbonyl (C=O) groups is 2. The molecule has 2 aliphatic rings. The second-order valence-electron chi connectivity index (χ2n) is 8.05. The molecule has 2 heterocycles. The molecule has 0 saturated carbocycles. The van der Waals surface area contributed by atoms with Gasteiger partial charge in [0.2, 0.25) is 11.8 Å². The molecule has 29 heavy (non-hydrogen) atoms. The molecule has 0 aromatic heterocycles. The molecule has 0 radical (unpaired) electrons. The number of likely N-dealkylation sites (N-methyl/N-ethyl adjacent to an activating group) is 1. The molecule has 2 saturated heterocycles. The van der Waals surface area contributed by atoms with E-state index in [0.717, 1.165) is 12.0 Å². The van der Waals surface area contributed by atoms with E-state index in [9.17, 15) is 14.0 Å². The van der Waals surface area contributed by atoms with Crippen LogP contribution in [0.25, 0.3) is 0 Å². The van der Waals surface area contributed by atoms with Crippen LogP contribution in [0.2, 0.25) is 0 Å². The maximum absolute atomic E-state index is 13.4. The number of nitrogens with one attached hydrogen (secondary N) is 2. The lowest BCUT2D eigenvalue weighted by Gasteiger charge is -2.34. The van der Waals surface area contributed by atoms with Gasteiger partial charge in [-0.1, -0.05) is 12.1 Å². The third kappa shape index (κ3) is 5.98. The van der Waals surface area contributed by atoms with Crippen LogP contribution >= 0.6 is 0 Å². The van der Waals surface area contributed by atoms with Crippen molar-refractivity contribution in [3.05, 3.63) is 35.6 Å². The Labute approximate surface area is 171 Å². The normalized spacial score (nSPS) is 24.7. The van der Waals surface area contributed by atoms with Gasteiger partial charge in [-0.25, -0.2) is 4.39 Å². The number of benzene rings is 1. The third-order valence-electron chi connectivity index (χ3n) is 5.71. The van der Waals surface area contributed by atoms with Crippen molar-refractivity contribution in [1.82, 2.24) is 20.7 Å². The number of rotatable bonds is 8. The summed E-state index contributed by atoms with van der Waals surface area (Å²) in [6.07, 6.45) is 2.45. The maximum Gasteiger partial charge on any atom is 0.227 e. The number of piperidine rings is 1. The predicted molar refractivity (Wildman–Crippen MR) is 107 cm³/mol. The lowest BCUT2D eigenvalue weighted by atomic mass is 9.95. The van der Waals surface area contributed by atoms with Gasteiger partial charge < -0.3 is 14.5 Å². The van der Waals surface area contributed by atoms with Gasteiger partial charge in [0.15, 0.2) is 0 Å². The first-order chi connectivity index (χ1) is 14.0. The minimum Gasteiger partial charge on any atom is -0.383 e. The largest absolute Gasteiger partial charge is 0.383 e. The van der Waals surface area contributed by atoms with Crippen LogP contribution in [0, 0.1) is 11.7 Å². The highest BCUT2D eigenvalue weighted by Gasteiger charge is 2.33. The quantitative estimate of drug-likeness (QED) is 0.672. The maximum atomic E-state index is 13.4. The van der Waals surface area contributed by atoms with E-state index in [-0.39, 0.29) is 35.6 Å². The molecular weight excluding hydrogens is 375 g/mol. The highest BCUT2D eigenvalue weighted by atomic mass is 19.1. The number of hydrogen-bond acceptors (Lipinski definition) is 5. The Kier molecular flexibility index (Phi) is 7.57. The van der Waals surface area contributed by atoms with Crippen molar-refractivity contribution >= 4 is 11.8 Å². The average Bonchev–Trinajstić information content (AvgIpc) is 3.14. The SMILES string of the molecule is COCC1CC(CN(C)C(=O)C2CCC(=O)N(CCc3cccc(F)c3)C2)NN1. The van der Waals surface area contributed by atoms with Crippen molar-refractivity contribution in [3.63, 3.8) is 0 Å². The van der Waals surface area contributed by atoms with Crippen molar-refractivity contribution < 1.29 is 18.7 Å². The number of hydrazine groups is 1. The molecule has 0 aliphatic carbocycles. The van der Waals surface area contributed by atoms with E-state index >= 15 is 0 Å². The molecule has 3 rings (SSSR count). The second-order valence-corrected chi connectivity index (χ2v) is 8.05. The molecule has 2 aliphatic heterocycles. The lowest BCUT2D eigenvalue weighted by molar-refractivity contribution is -0.142. The molecule has 8 heteroatoms. The average molecular weight is 407 g/mol. The van der Waals surface area contributed by atoms with E-state index in [0.29, 0.717) is 45.5 Å². The Balaban J connectivity index is 1.49. The molecule has 0 spiro atoms. The summed E-state index contributed by atoms with van der Waals surface area (Å²) >= 11 is 0. The van der Waals surface area contributed by atoms with Crippen LogP contribution in [-0.2, 0) is 20.7 Å². The van der Waals surface area contributed by atoms with Crippen LogP contribution in [0.15, 0.2) is 24.3 Å². The lowest BCUT2D eigenvalue weighted by Crippen LogP contribution is -2.49. The van der Waals surface area contributed by atoms with Crippen LogP contribution in [0.1, 0.15) is 24.8 Å². The van der Waals surface area contributed by atoms with Crippen LogP contribution in [-0.4, -0.2) is 74.1 Å². The minimum atomic E-state index is -0.273. The Morgan fingerprint density at radius 2 is 2.14 bits per heavy atom. The van der Waals surface area contributed by atoms with Crippen molar-refractivity contribution in [3.8, 4) is 0 Å². The van der Waals surface area contributed by atoms with Gasteiger partial charge >= 0.3 is 0 Å². The molecule has 2 fully saturated rings. The zero-order chi connectivity index (χ0) is 20.8. The first kappa shape index (κ1) is 21.7. The van der Waals surface area contributed by atoms with E-state index < -0.39 is 0 Å². The Hall–Kier alpha value is -2.03. The second kappa shape index (κ2) is 10.1. The van der Waals surface area contributed by atoms with Crippen molar-refractivity contribution in [2.24, 2.45) is 5.92 Å². The molecule has 2 N–H and O–H groups in total. The summed E-state index contributed by atoms with van der Waals surface area (Å²) in [4.78, 5) is 28.7. The number of likely N-dealkylation sites (tertiary alicyclic amines) is 1. The van der Waals surface area contributed by atoms with Crippen molar-refractivity contribution in [1.29, 1.82) is 0 Å². The van der Waals surface area contributed by atoms with Crippen LogP contribution in [0.5, 0.6) is 0 Å². The summed E-state index contributed by atoms with van der Waals surface area (Å²) < 4.78 is 18.5. The van der Waals surface area contributed by atoms with Crippen molar-refractivity contribution in [2.75, 3.05) is 40.4 Å². The molecular formula is C21H31FN4O3. The molecule has 160 valence electrons. The van der Waals surface area contributed by atoms with Crippen LogP contribution in [0.3, 0.4) is 0 Å². The van der Waals surface area contributed by atoms with Gasteiger partial charge in [-0.15, -0.1) is 0 Å². The number of halogens is 1. The van der Waals surface area contributed by atoms with Gasteiger partial charge in [0.1, 0.15) is 5.82 Å². The van der Waals surface area contributed by atoms with E-state index in [2.05, 4.69) is 10.9 Å². The van der Waals surface area contributed by atoms with Gasteiger partial charge in [0.25, 0.3) is 0 Å². The number of methoxy groups -OCH3 is 1. The molecule has 2 amide bonds. The summed E-state index contributed by atoms with van der Waals surface area (Å²) in [6, 6.07) is 6.86. The first-order valence-electron chi connectivity index (χ1n) is 10.2.